The highest BCUT2D eigenvalue weighted by Gasteiger charge is 2.16. The van der Waals surface area contributed by atoms with Gasteiger partial charge in [-0.3, -0.25) is 0 Å². The highest BCUT2D eigenvalue weighted by atomic mass is 15.4. The molecular formula is C32H42N8. The second kappa shape index (κ2) is 13.3. The molecule has 0 amide bonds. The molecule has 2 saturated carbocycles. The van der Waals surface area contributed by atoms with E-state index in [1.165, 1.54) is 75.3 Å². The van der Waals surface area contributed by atoms with Gasteiger partial charge in [0.15, 0.2) is 11.2 Å². The van der Waals surface area contributed by atoms with Crippen molar-refractivity contribution in [3.8, 4) is 5.69 Å². The molecule has 0 aliphatic heterocycles. The molecule has 2 heterocycles. The summed E-state index contributed by atoms with van der Waals surface area (Å²) in [6.45, 7) is 3.77. The van der Waals surface area contributed by atoms with Crippen LogP contribution in [0.1, 0.15) is 75.3 Å². The van der Waals surface area contributed by atoms with Gasteiger partial charge in [0.1, 0.15) is 0 Å². The predicted octanol–water partition coefficient (Wildman–Crippen LogP) is 6.29. The summed E-state index contributed by atoms with van der Waals surface area (Å²) in [6, 6.07) is 16.8. The standard InChI is InChI=1S/C32H42N8/c1-3-11-24(12-4-1)19-33-21-26-15-7-9-17-28(26)36-32-35-23-29-31(37-32)40(39-38-29)30-18-10-8-16-27(30)22-34-20-25-13-5-2-6-14-25/h7-10,15-18,23-25,33-34H,1-6,11-14,19-22H2,(H,35,36,37). The summed E-state index contributed by atoms with van der Waals surface area (Å²) >= 11 is 0. The second-order valence-corrected chi connectivity index (χ2v) is 11.6. The van der Waals surface area contributed by atoms with E-state index in [-0.39, 0.29) is 0 Å². The molecule has 0 bridgehead atoms. The number of para-hydroxylation sites is 2. The van der Waals surface area contributed by atoms with Crippen LogP contribution in [0.3, 0.4) is 0 Å². The molecule has 3 N–H and O–H groups in total. The van der Waals surface area contributed by atoms with Gasteiger partial charge in [-0.15, -0.1) is 5.10 Å². The number of rotatable bonds is 11. The summed E-state index contributed by atoms with van der Waals surface area (Å²) in [5, 5.41) is 19.7. The van der Waals surface area contributed by atoms with Crippen molar-refractivity contribution in [2.45, 2.75) is 77.3 Å². The molecule has 2 fully saturated rings. The van der Waals surface area contributed by atoms with Crippen molar-refractivity contribution in [1.82, 2.24) is 35.6 Å². The lowest BCUT2D eigenvalue weighted by Crippen LogP contribution is -2.24. The highest BCUT2D eigenvalue weighted by Crippen LogP contribution is 2.25. The van der Waals surface area contributed by atoms with Crippen LogP contribution < -0.4 is 16.0 Å². The Kier molecular flexibility index (Phi) is 8.95. The summed E-state index contributed by atoms with van der Waals surface area (Å²) in [5.41, 5.74) is 5.79. The molecule has 0 unspecified atom stereocenters. The number of nitrogens with zero attached hydrogens (tertiary/aromatic N) is 5. The van der Waals surface area contributed by atoms with Crippen LogP contribution in [0.25, 0.3) is 16.9 Å². The molecule has 40 heavy (non-hydrogen) atoms. The van der Waals surface area contributed by atoms with Crippen molar-refractivity contribution in [3.05, 3.63) is 65.9 Å². The molecule has 2 aliphatic carbocycles. The molecule has 8 heteroatoms. The van der Waals surface area contributed by atoms with E-state index in [9.17, 15) is 0 Å². The maximum Gasteiger partial charge on any atom is 0.229 e. The third-order valence-electron chi connectivity index (χ3n) is 8.62. The van der Waals surface area contributed by atoms with Crippen molar-refractivity contribution in [3.63, 3.8) is 0 Å². The molecule has 0 atom stereocenters. The topological polar surface area (TPSA) is 92.6 Å². The van der Waals surface area contributed by atoms with Crippen LogP contribution in [0.2, 0.25) is 0 Å². The molecule has 6 rings (SSSR count). The first kappa shape index (κ1) is 26.8. The third kappa shape index (κ3) is 6.67. The van der Waals surface area contributed by atoms with Gasteiger partial charge in [-0.1, -0.05) is 80.1 Å². The highest BCUT2D eigenvalue weighted by molar-refractivity contribution is 5.73. The molecule has 2 aliphatic rings. The monoisotopic (exact) mass is 538 g/mol. The Morgan fingerprint density at radius 3 is 2.08 bits per heavy atom. The fourth-order valence-corrected chi connectivity index (χ4v) is 6.34. The first-order chi connectivity index (χ1) is 19.8. The van der Waals surface area contributed by atoms with Gasteiger partial charge in [0.2, 0.25) is 5.95 Å². The predicted molar refractivity (Wildman–Crippen MR) is 161 cm³/mol. The Balaban J connectivity index is 1.16. The average molecular weight is 539 g/mol. The van der Waals surface area contributed by atoms with Gasteiger partial charge in [0.05, 0.1) is 11.9 Å². The van der Waals surface area contributed by atoms with Crippen LogP contribution >= 0.6 is 0 Å². The van der Waals surface area contributed by atoms with E-state index < -0.39 is 0 Å². The quantitative estimate of drug-likeness (QED) is 0.207. The minimum absolute atomic E-state index is 0.545. The second-order valence-electron chi connectivity index (χ2n) is 11.6. The van der Waals surface area contributed by atoms with Crippen molar-refractivity contribution >= 4 is 22.8 Å². The van der Waals surface area contributed by atoms with E-state index >= 15 is 0 Å². The van der Waals surface area contributed by atoms with E-state index in [2.05, 4.69) is 67.6 Å². The molecular weight excluding hydrogens is 496 g/mol. The lowest BCUT2D eigenvalue weighted by molar-refractivity contribution is 0.342. The summed E-state index contributed by atoms with van der Waals surface area (Å²) in [6.07, 6.45) is 15.4. The van der Waals surface area contributed by atoms with Crippen molar-refractivity contribution < 1.29 is 0 Å². The molecule has 0 spiro atoms. The van der Waals surface area contributed by atoms with Gasteiger partial charge in [-0.05, 0) is 73.9 Å². The fourth-order valence-electron chi connectivity index (χ4n) is 6.34. The minimum Gasteiger partial charge on any atom is -0.324 e. The number of anilines is 2. The SMILES string of the molecule is c1ccc(Nc2ncc3nnn(-c4ccccc4CNCC4CCCCC4)c3n2)c(CNCC2CCCCC2)c1. The van der Waals surface area contributed by atoms with Crippen LogP contribution in [0.15, 0.2) is 54.7 Å². The van der Waals surface area contributed by atoms with E-state index in [0.717, 1.165) is 49.4 Å². The normalized spacial score (nSPS) is 16.9. The van der Waals surface area contributed by atoms with Gasteiger partial charge in [-0.2, -0.15) is 9.67 Å². The minimum atomic E-state index is 0.545. The number of nitrogens with one attached hydrogen (secondary N) is 3. The van der Waals surface area contributed by atoms with Crippen molar-refractivity contribution in [2.75, 3.05) is 18.4 Å². The molecule has 0 radical (unpaired) electrons. The number of hydrogen-bond donors (Lipinski definition) is 3. The van der Waals surface area contributed by atoms with Crippen LogP contribution in [0.4, 0.5) is 11.6 Å². The maximum atomic E-state index is 4.87. The van der Waals surface area contributed by atoms with Crippen molar-refractivity contribution in [1.29, 1.82) is 0 Å². The zero-order chi connectivity index (χ0) is 27.0. The Hall–Kier alpha value is -3.36. The lowest BCUT2D eigenvalue weighted by Gasteiger charge is -2.22. The smallest absolute Gasteiger partial charge is 0.229 e. The van der Waals surface area contributed by atoms with E-state index in [4.69, 9.17) is 4.98 Å². The van der Waals surface area contributed by atoms with Gasteiger partial charge in [-0.25, -0.2) is 4.98 Å². The first-order valence-corrected chi connectivity index (χ1v) is 15.3. The molecule has 0 saturated heterocycles. The zero-order valence-electron chi connectivity index (χ0n) is 23.5. The summed E-state index contributed by atoms with van der Waals surface area (Å²) in [7, 11) is 0. The number of aromatic nitrogens is 5. The Morgan fingerprint density at radius 2 is 1.35 bits per heavy atom. The summed E-state index contributed by atoms with van der Waals surface area (Å²) < 4.78 is 1.84. The van der Waals surface area contributed by atoms with Gasteiger partial charge >= 0.3 is 0 Å². The summed E-state index contributed by atoms with van der Waals surface area (Å²) in [5.74, 6) is 2.14. The van der Waals surface area contributed by atoms with Crippen LogP contribution in [0, 0.1) is 11.8 Å². The Labute approximate surface area is 237 Å². The van der Waals surface area contributed by atoms with Crippen LogP contribution in [0.5, 0.6) is 0 Å². The maximum absolute atomic E-state index is 4.87. The fraction of sp³-hybridized carbons (Fsp3) is 0.500. The first-order valence-electron chi connectivity index (χ1n) is 15.3. The van der Waals surface area contributed by atoms with Gasteiger partial charge in [0, 0.05) is 18.8 Å². The average Bonchev–Trinajstić information content (AvgIpc) is 3.42. The third-order valence-corrected chi connectivity index (χ3v) is 8.62. The molecule has 210 valence electrons. The van der Waals surface area contributed by atoms with E-state index in [0.29, 0.717) is 17.1 Å². The Bertz CT molecular complexity index is 1370. The number of hydrogen-bond acceptors (Lipinski definition) is 7. The largest absolute Gasteiger partial charge is 0.324 e. The molecule has 8 nitrogen and oxygen atoms in total. The van der Waals surface area contributed by atoms with E-state index in [1.54, 1.807) is 6.20 Å². The Morgan fingerprint density at radius 1 is 0.725 bits per heavy atom. The van der Waals surface area contributed by atoms with Crippen molar-refractivity contribution in [2.24, 2.45) is 11.8 Å². The number of fused-ring (bicyclic) bond motifs is 1. The van der Waals surface area contributed by atoms with Crippen LogP contribution in [-0.4, -0.2) is 38.1 Å². The number of benzene rings is 2. The molecule has 2 aromatic carbocycles. The van der Waals surface area contributed by atoms with E-state index in [1.807, 2.05) is 16.8 Å². The lowest BCUT2D eigenvalue weighted by atomic mass is 9.89. The van der Waals surface area contributed by atoms with Gasteiger partial charge < -0.3 is 16.0 Å². The molecule has 2 aromatic heterocycles. The zero-order valence-corrected chi connectivity index (χ0v) is 23.5. The molecule has 4 aromatic rings. The summed E-state index contributed by atoms with van der Waals surface area (Å²) in [4.78, 5) is 9.43. The van der Waals surface area contributed by atoms with Crippen LogP contribution in [-0.2, 0) is 13.1 Å². The van der Waals surface area contributed by atoms with Gasteiger partial charge in [0.25, 0.3) is 0 Å².